The number of ether oxygens (including phenoxy) is 2. The second-order valence-corrected chi connectivity index (χ2v) is 9.33. The molecule has 4 rings (SSSR count). The van der Waals surface area contributed by atoms with E-state index in [0.29, 0.717) is 18.9 Å². The minimum Gasteiger partial charge on any atom is -0.491 e. The van der Waals surface area contributed by atoms with Crippen molar-refractivity contribution in [3.05, 3.63) is 90.5 Å². The highest BCUT2D eigenvalue weighted by atomic mass is 16.5. The summed E-state index contributed by atoms with van der Waals surface area (Å²) in [7, 11) is 0. The first-order valence-electron chi connectivity index (χ1n) is 12.2. The molecule has 180 valence electrons. The van der Waals surface area contributed by atoms with Crippen LogP contribution in [0.1, 0.15) is 37.7 Å². The van der Waals surface area contributed by atoms with Crippen LogP contribution in [0.15, 0.2) is 85.0 Å². The Morgan fingerprint density at radius 3 is 2.59 bits per heavy atom. The highest BCUT2D eigenvalue weighted by Gasteiger charge is 2.58. The number of unbranched alkanes of at least 4 members (excludes halogenated alkanes) is 1. The Labute approximate surface area is 201 Å². The standard InChI is InChI=1S/C29H34O5/c30-23(20-33-24-13-7-4-8-14-24)17-18-25-26(15-9-1-2-10-16-28(31)32)29(19-27(25)34-21-29)22-11-5-3-6-12-22/h1,3-9,11-14,17-18,23,25-27,30H,2,10,15-16,19-21H2,(H,31,32)/t23-,25+,26+,27+,29+/m0/s1. The average Bonchev–Trinajstić information content (AvgIpc) is 3.43. The zero-order valence-electron chi connectivity index (χ0n) is 19.5. The highest BCUT2D eigenvalue weighted by Crippen LogP contribution is 2.56. The molecule has 2 aromatic carbocycles. The lowest BCUT2D eigenvalue weighted by Crippen LogP contribution is -2.39. The number of carbonyl (C=O) groups is 1. The lowest BCUT2D eigenvalue weighted by atomic mass is 9.69. The van der Waals surface area contributed by atoms with Crippen LogP contribution in [-0.4, -0.2) is 41.6 Å². The fourth-order valence-corrected chi connectivity index (χ4v) is 5.43. The van der Waals surface area contributed by atoms with Gasteiger partial charge in [-0.05, 0) is 49.3 Å². The second-order valence-electron chi connectivity index (χ2n) is 9.33. The Balaban J connectivity index is 1.44. The van der Waals surface area contributed by atoms with Crippen molar-refractivity contribution in [2.45, 2.75) is 49.7 Å². The molecule has 1 aliphatic carbocycles. The third-order valence-electron chi connectivity index (χ3n) is 7.11. The maximum absolute atomic E-state index is 10.7. The normalized spacial score (nSPS) is 26.9. The van der Waals surface area contributed by atoms with Gasteiger partial charge in [-0.25, -0.2) is 0 Å². The van der Waals surface area contributed by atoms with Crippen molar-refractivity contribution < 1.29 is 24.5 Å². The smallest absolute Gasteiger partial charge is 0.303 e. The van der Waals surface area contributed by atoms with Crippen LogP contribution in [0.2, 0.25) is 0 Å². The highest BCUT2D eigenvalue weighted by molar-refractivity contribution is 5.66. The fourth-order valence-electron chi connectivity index (χ4n) is 5.43. The molecule has 0 unspecified atom stereocenters. The van der Waals surface area contributed by atoms with Crippen LogP contribution >= 0.6 is 0 Å². The van der Waals surface area contributed by atoms with Crippen molar-refractivity contribution >= 4 is 5.97 Å². The summed E-state index contributed by atoms with van der Waals surface area (Å²) in [6.45, 7) is 0.917. The predicted molar refractivity (Wildman–Crippen MR) is 132 cm³/mol. The molecule has 1 saturated carbocycles. The lowest BCUT2D eigenvalue weighted by molar-refractivity contribution is -0.137. The molecule has 1 aliphatic heterocycles. The molecule has 2 fully saturated rings. The molecule has 5 heteroatoms. The number of carboxylic acids is 1. The number of allylic oxidation sites excluding steroid dienone is 2. The van der Waals surface area contributed by atoms with Gasteiger partial charge >= 0.3 is 5.97 Å². The van der Waals surface area contributed by atoms with Gasteiger partial charge in [0.1, 0.15) is 18.5 Å². The van der Waals surface area contributed by atoms with E-state index in [9.17, 15) is 9.90 Å². The molecule has 5 atom stereocenters. The van der Waals surface area contributed by atoms with E-state index in [1.165, 1.54) is 5.56 Å². The van der Waals surface area contributed by atoms with Gasteiger partial charge in [-0.2, -0.15) is 0 Å². The number of aliphatic hydroxyl groups is 1. The van der Waals surface area contributed by atoms with Crippen molar-refractivity contribution in [2.24, 2.45) is 11.8 Å². The molecule has 2 aliphatic rings. The first-order chi connectivity index (χ1) is 16.6. The number of hydrogen-bond donors (Lipinski definition) is 2. The number of carboxylic acid groups (broad SMARTS) is 1. The minimum absolute atomic E-state index is 0.0438. The summed E-state index contributed by atoms with van der Waals surface area (Å²) in [5, 5.41) is 19.4. The third kappa shape index (κ3) is 5.78. The van der Waals surface area contributed by atoms with Crippen LogP contribution in [0.5, 0.6) is 5.75 Å². The van der Waals surface area contributed by atoms with E-state index in [2.05, 4.69) is 42.5 Å². The summed E-state index contributed by atoms with van der Waals surface area (Å²) in [5.41, 5.74) is 1.27. The van der Waals surface area contributed by atoms with Crippen LogP contribution in [0.3, 0.4) is 0 Å². The van der Waals surface area contributed by atoms with Crippen LogP contribution in [0, 0.1) is 11.8 Å². The van der Waals surface area contributed by atoms with E-state index < -0.39 is 12.1 Å². The Morgan fingerprint density at radius 2 is 1.85 bits per heavy atom. The van der Waals surface area contributed by atoms with Crippen LogP contribution in [0.4, 0.5) is 0 Å². The summed E-state index contributed by atoms with van der Waals surface area (Å²) in [5.74, 6) is 0.542. The van der Waals surface area contributed by atoms with Gasteiger partial charge in [0.05, 0.1) is 12.7 Å². The maximum atomic E-state index is 10.7. The van der Waals surface area contributed by atoms with E-state index in [4.69, 9.17) is 14.6 Å². The third-order valence-corrected chi connectivity index (χ3v) is 7.11. The first kappa shape index (κ1) is 24.2. The molecule has 1 heterocycles. The van der Waals surface area contributed by atoms with E-state index in [1.807, 2.05) is 42.5 Å². The Bertz CT molecular complexity index is 971. The van der Waals surface area contributed by atoms with Crippen LogP contribution in [0.25, 0.3) is 0 Å². The zero-order chi connectivity index (χ0) is 23.8. The number of para-hydroxylation sites is 1. The number of aliphatic hydroxyl groups excluding tert-OH is 1. The van der Waals surface area contributed by atoms with E-state index in [-0.39, 0.29) is 30.5 Å². The number of rotatable bonds is 12. The van der Waals surface area contributed by atoms with Gasteiger partial charge in [0.2, 0.25) is 0 Å². The van der Waals surface area contributed by atoms with E-state index in [0.717, 1.165) is 25.0 Å². The van der Waals surface area contributed by atoms with Gasteiger partial charge in [0.25, 0.3) is 0 Å². The first-order valence-corrected chi connectivity index (χ1v) is 12.2. The summed E-state index contributed by atoms with van der Waals surface area (Å²) >= 11 is 0. The SMILES string of the molecule is O=C(O)CCCC=CC[C@@H]1[C@@H](C=C[C@H](O)COc2ccccc2)[C@H]2C[C@]1(c1ccccc1)CO2. The molecule has 0 amide bonds. The van der Waals surface area contributed by atoms with Gasteiger partial charge in [-0.3, -0.25) is 4.79 Å². The van der Waals surface area contributed by atoms with Gasteiger partial charge in [-0.15, -0.1) is 0 Å². The van der Waals surface area contributed by atoms with Crippen molar-refractivity contribution in [3.8, 4) is 5.75 Å². The van der Waals surface area contributed by atoms with Crippen molar-refractivity contribution in [2.75, 3.05) is 13.2 Å². The molecule has 0 aromatic heterocycles. The molecule has 0 radical (unpaired) electrons. The topological polar surface area (TPSA) is 76.0 Å². The number of benzene rings is 2. The fraction of sp³-hybridized carbons (Fsp3) is 0.414. The van der Waals surface area contributed by atoms with Crippen LogP contribution < -0.4 is 4.74 Å². The number of aliphatic carboxylic acids is 1. The van der Waals surface area contributed by atoms with Crippen LogP contribution in [-0.2, 0) is 14.9 Å². The van der Waals surface area contributed by atoms with E-state index >= 15 is 0 Å². The minimum atomic E-state index is -0.748. The molecule has 2 N–H and O–H groups in total. The summed E-state index contributed by atoms with van der Waals surface area (Å²) in [4.78, 5) is 10.7. The molecule has 2 aromatic rings. The Kier molecular flexibility index (Phi) is 8.20. The molecule has 1 saturated heterocycles. The molecule has 2 bridgehead atoms. The lowest BCUT2D eigenvalue weighted by Gasteiger charge is -2.38. The second kappa shape index (κ2) is 11.5. The number of fused-ring (bicyclic) bond motifs is 2. The Hall–Kier alpha value is -2.89. The monoisotopic (exact) mass is 462 g/mol. The zero-order valence-corrected chi connectivity index (χ0v) is 19.5. The molecule has 0 spiro atoms. The summed E-state index contributed by atoms with van der Waals surface area (Å²) in [6, 6.07) is 20.1. The summed E-state index contributed by atoms with van der Waals surface area (Å²) in [6.07, 6.45) is 11.2. The molecular formula is C29H34O5. The summed E-state index contributed by atoms with van der Waals surface area (Å²) < 4.78 is 11.9. The predicted octanol–water partition coefficient (Wildman–Crippen LogP) is 5.16. The van der Waals surface area contributed by atoms with E-state index in [1.54, 1.807) is 0 Å². The van der Waals surface area contributed by atoms with Gasteiger partial charge in [0, 0.05) is 17.8 Å². The largest absolute Gasteiger partial charge is 0.491 e. The van der Waals surface area contributed by atoms with Crippen molar-refractivity contribution in [1.82, 2.24) is 0 Å². The maximum Gasteiger partial charge on any atom is 0.303 e. The molecule has 5 nitrogen and oxygen atoms in total. The van der Waals surface area contributed by atoms with Gasteiger partial charge in [-0.1, -0.05) is 72.8 Å². The van der Waals surface area contributed by atoms with Crippen molar-refractivity contribution in [3.63, 3.8) is 0 Å². The average molecular weight is 463 g/mol. The Morgan fingerprint density at radius 1 is 1.12 bits per heavy atom. The quantitative estimate of drug-likeness (QED) is 0.337. The molecular weight excluding hydrogens is 428 g/mol. The van der Waals surface area contributed by atoms with Gasteiger partial charge < -0.3 is 19.7 Å². The number of hydrogen-bond acceptors (Lipinski definition) is 4. The molecule has 34 heavy (non-hydrogen) atoms. The van der Waals surface area contributed by atoms with Crippen molar-refractivity contribution in [1.29, 1.82) is 0 Å². The van der Waals surface area contributed by atoms with Gasteiger partial charge in [0.15, 0.2) is 0 Å².